The highest BCUT2D eigenvalue weighted by Crippen LogP contribution is 2.33. The van der Waals surface area contributed by atoms with E-state index in [2.05, 4.69) is 48.1 Å². The molecule has 1 saturated heterocycles. The van der Waals surface area contributed by atoms with Crippen molar-refractivity contribution in [2.45, 2.75) is 45.8 Å². The van der Waals surface area contributed by atoms with Crippen LogP contribution in [0.5, 0.6) is 0 Å². The van der Waals surface area contributed by atoms with Gasteiger partial charge in [0, 0.05) is 63.1 Å². The van der Waals surface area contributed by atoms with Gasteiger partial charge < -0.3 is 5.11 Å². The van der Waals surface area contributed by atoms with Gasteiger partial charge in [-0.2, -0.15) is 10.2 Å². The molecule has 126 valence electrons. The molecule has 0 spiro atoms. The molecule has 6 heteroatoms. The van der Waals surface area contributed by atoms with Crippen LogP contribution in [0.15, 0.2) is 24.7 Å². The molecule has 23 heavy (non-hydrogen) atoms. The van der Waals surface area contributed by atoms with Gasteiger partial charge in [-0.25, -0.2) is 0 Å². The molecule has 0 amide bonds. The molecule has 6 nitrogen and oxygen atoms in total. The summed E-state index contributed by atoms with van der Waals surface area (Å²) in [6.07, 6.45) is 5.97. The van der Waals surface area contributed by atoms with E-state index in [9.17, 15) is 5.11 Å². The van der Waals surface area contributed by atoms with E-state index in [1.807, 2.05) is 21.8 Å². The number of aromatic nitrogens is 4. The van der Waals surface area contributed by atoms with Crippen LogP contribution in [0.1, 0.15) is 44.0 Å². The Morgan fingerprint density at radius 1 is 1.30 bits per heavy atom. The summed E-state index contributed by atoms with van der Waals surface area (Å²) in [7, 11) is 0. The Labute approximate surface area is 137 Å². The Morgan fingerprint density at radius 2 is 2.13 bits per heavy atom. The highest BCUT2D eigenvalue weighted by molar-refractivity contribution is 5.17. The molecule has 1 aliphatic heterocycles. The van der Waals surface area contributed by atoms with E-state index in [-0.39, 0.29) is 12.5 Å². The maximum Gasteiger partial charge on any atom is 0.0525 e. The lowest BCUT2D eigenvalue weighted by Gasteiger charge is -2.16. The van der Waals surface area contributed by atoms with Gasteiger partial charge in [-0.05, 0) is 32.4 Å². The van der Waals surface area contributed by atoms with Crippen molar-refractivity contribution in [1.29, 1.82) is 0 Å². The number of rotatable bonds is 6. The van der Waals surface area contributed by atoms with Gasteiger partial charge in [-0.1, -0.05) is 0 Å². The van der Waals surface area contributed by atoms with Gasteiger partial charge in [0.25, 0.3) is 0 Å². The summed E-state index contributed by atoms with van der Waals surface area (Å²) in [5, 5.41) is 18.6. The minimum Gasteiger partial charge on any atom is -0.396 e. The molecule has 2 atom stereocenters. The SMILES string of the molecule is CCn1nccc1CN1C[C@@H](CO)[C@H](c2cnn(C(C)C)c2)C1. The van der Waals surface area contributed by atoms with Gasteiger partial charge in [-0.3, -0.25) is 14.3 Å². The molecule has 0 aromatic carbocycles. The third-order valence-electron chi connectivity index (χ3n) is 4.82. The quantitative estimate of drug-likeness (QED) is 0.884. The second-order valence-electron chi connectivity index (χ2n) is 6.73. The largest absolute Gasteiger partial charge is 0.396 e. The average molecular weight is 317 g/mol. The Hall–Kier alpha value is -1.66. The van der Waals surface area contributed by atoms with Crippen LogP contribution in [0.3, 0.4) is 0 Å². The van der Waals surface area contributed by atoms with Crippen molar-refractivity contribution < 1.29 is 5.11 Å². The third kappa shape index (κ3) is 3.33. The summed E-state index contributed by atoms with van der Waals surface area (Å²) in [4.78, 5) is 2.42. The molecule has 1 N–H and O–H groups in total. The van der Waals surface area contributed by atoms with Crippen LogP contribution in [-0.4, -0.2) is 49.3 Å². The van der Waals surface area contributed by atoms with E-state index >= 15 is 0 Å². The van der Waals surface area contributed by atoms with E-state index in [0.29, 0.717) is 12.0 Å². The lowest BCUT2D eigenvalue weighted by atomic mass is 9.92. The minimum absolute atomic E-state index is 0.223. The van der Waals surface area contributed by atoms with Crippen molar-refractivity contribution in [3.8, 4) is 0 Å². The summed E-state index contributed by atoms with van der Waals surface area (Å²) in [5.74, 6) is 0.628. The topological polar surface area (TPSA) is 59.1 Å². The molecular formula is C17H27N5O. The molecule has 1 fully saturated rings. The minimum atomic E-state index is 0.223. The Kier molecular flexibility index (Phi) is 4.82. The van der Waals surface area contributed by atoms with Crippen molar-refractivity contribution in [1.82, 2.24) is 24.5 Å². The average Bonchev–Trinajstić information content (AvgIpc) is 3.25. The predicted octanol–water partition coefficient (Wildman–Crippen LogP) is 1.89. The molecule has 2 aromatic heterocycles. The molecule has 3 heterocycles. The number of hydrogen-bond donors (Lipinski definition) is 1. The second-order valence-corrected chi connectivity index (χ2v) is 6.73. The zero-order valence-electron chi connectivity index (χ0n) is 14.3. The van der Waals surface area contributed by atoms with Crippen LogP contribution in [0, 0.1) is 5.92 Å². The number of aliphatic hydroxyl groups is 1. The zero-order valence-corrected chi connectivity index (χ0v) is 14.3. The van der Waals surface area contributed by atoms with Crippen molar-refractivity contribution in [3.63, 3.8) is 0 Å². The van der Waals surface area contributed by atoms with Crippen LogP contribution in [0.25, 0.3) is 0 Å². The molecule has 0 saturated carbocycles. The lowest BCUT2D eigenvalue weighted by Crippen LogP contribution is -2.22. The monoisotopic (exact) mass is 317 g/mol. The van der Waals surface area contributed by atoms with Crippen molar-refractivity contribution in [2.75, 3.05) is 19.7 Å². The zero-order chi connectivity index (χ0) is 16.4. The maximum atomic E-state index is 9.79. The number of hydrogen-bond acceptors (Lipinski definition) is 4. The first-order valence-corrected chi connectivity index (χ1v) is 8.50. The van der Waals surface area contributed by atoms with Crippen LogP contribution >= 0.6 is 0 Å². The molecule has 0 aliphatic carbocycles. The van der Waals surface area contributed by atoms with Gasteiger partial charge in [0.15, 0.2) is 0 Å². The van der Waals surface area contributed by atoms with E-state index in [1.165, 1.54) is 11.3 Å². The maximum absolute atomic E-state index is 9.79. The smallest absolute Gasteiger partial charge is 0.0525 e. The Morgan fingerprint density at radius 3 is 2.78 bits per heavy atom. The fourth-order valence-corrected chi connectivity index (χ4v) is 3.49. The summed E-state index contributed by atoms with van der Waals surface area (Å²) >= 11 is 0. The molecular weight excluding hydrogens is 290 g/mol. The van der Waals surface area contributed by atoms with E-state index in [4.69, 9.17) is 0 Å². The predicted molar refractivity (Wildman–Crippen MR) is 89.1 cm³/mol. The van der Waals surface area contributed by atoms with Crippen molar-refractivity contribution in [2.24, 2.45) is 5.92 Å². The highest BCUT2D eigenvalue weighted by atomic mass is 16.3. The second kappa shape index (κ2) is 6.84. The van der Waals surface area contributed by atoms with E-state index < -0.39 is 0 Å². The number of nitrogens with zero attached hydrogens (tertiary/aromatic N) is 5. The molecule has 3 rings (SSSR count). The van der Waals surface area contributed by atoms with Crippen molar-refractivity contribution >= 4 is 0 Å². The molecule has 0 unspecified atom stereocenters. The summed E-state index contributed by atoms with van der Waals surface area (Å²) < 4.78 is 4.04. The van der Waals surface area contributed by atoms with Gasteiger partial charge in [0.2, 0.25) is 0 Å². The number of aryl methyl sites for hydroxylation is 1. The van der Waals surface area contributed by atoms with Crippen LogP contribution < -0.4 is 0 Å². The van der Waals surface area contributed by atoms with E-state index in [1.54, 1.807) is 0 Å². The van der Waals surface area contributed by atoms with Crippen LogP contribution in [0.4, 0.5) is 0 Å². The molecule has 2 aromatic rings. The Balaban J connectivity index is 1.72. The van der Waals surface area contributed by atoms with E-state index in [0.717, 1.165) is 26.2 Å². The lowest BCUT2D eigenvalue weighted by molar-refractivity contribution is 0.213. The molecule has 0 radical (unpaired) electrons. The first kappa shape index (κ1) is 16.2. The summed E-state index contributed by atoms with van der Waals surface area (Å²) in [6, 6.07) is 2.45. The highest BCUT2D eigenvalue weighted by Gasteiger charge is 2.34. The first-order valence-electron chi connectivity index (χ1n) is 8.50. The standard InChI is InChI=1S/C17H27N5O/c1-4-21-16(5-6-18-21)10-20-8-15(12-23)17(11-20)14-7-19-22(9-14)13(2)3/h5-7,9,13,15,17,23H,4,8,10-12H2,1-3H3/t15-,17-/m0/s1. The van der Waals surface area contributed by atoms with Crippen molar-refractivity contribution in [3.05, 3.63) is 35.9 Å². The fourth-order valence-electron chi connectivity index (χ4n) is 3.49. The van der Waals surface area contributed by atoms with Crippen LogP contribution in [-0.2, 0) is 13.1 Å². The normalized spacial score (nSPS) is 22.3. The molecule has 1 aliphatic rings. The number of likely N-dealkylation sites (tertiary alicyclic amines) is 1. The van der Waals surface area contributed by atoms with Gasteiger partial charge in [0.05, 0.1) is 11.9 Å². The van der Waals surface area contributed by atoms with Gasteiger partial charge in [-0.15, -0.1) is 0 Å². The third-order valence-corrected chi connectivity index (χ3v) is 4.82. The summed E-state index contributed by atoms with van der Waals surface area (Å²) in [6.45, 7) is 10.3. The van der Waals surface area contributed by atoms with Gasteiger partial charge in [0.1, 0.15) is 0 Å². The molecule has 0 bridgehead atoms. The fraction of sp³-hybridized carbons (Fsp3) is 0.647. The van der Waals surface area contributed by atoms with Crippen LogP contribution in [0.2, 0.25) is 0 Å². The van der Waals surface area contributed by atoms with Gasteiger partial charge >= 0.3 is 0 Å². The number of aliphatic hydroxyl groups excluding tert-OH is 1. The summed E-state index contributed by atoms with van der Waals surface area (Å²) in [5.41, 5.74) is 2.48. The first-order chi connectivity index (χ1) is 11.1. The Bertz CT molecular complexity index is 632.